The Balaban J connectivity index is 2.08. The predicted octanol–water partition coefficient (Wildman–Crippen LogP) is 2.24. The van der Waals surface area contributed by atoms with Gasteiger partial charge < -0.3 is 11.5 Å². The van der Waals surface area contributed by atoms with Crippen LogP contribution in [0, 0.1) is 5.92 Å². The second-order valence-electron chi connectivity index (χ2n) is 4.83. The molecule has 2 rings (SSSR count). The lowest BCUT2D eigenvalue weighted by Crippen LogP contribution is -2.14. The maximum absolute atomic E-state index is 8.97. The monoisotopic (exact) mass is 260 g/mol. The molecule has 102 valence electrons. The standard InChI is InChI=1S/C14H20N4O/c15-7-12(9-17-8-10-2-1-3-10)11-4-5-13(16)14(6-11)18-19/h4-7,9-10,18-19H,1-3,8,15-16H2. The highest BCUT2D eigenvalue weighted by atomic mass is 16.5. The quantitative estimate of drug-likeness (QED) is 0.371. The first-order valence-electron chi connectivity index (χ1n) is 6.46. The van der Waals surface area contributed by atoms with Gasteiger partial charge in [-0.25, -0.2) is 0 Å². The summed E-state index contributed by atoms with van der Waals surface area (Å²) in [6.45, 7) is 0.859. The Labute approximate surface area is 113 Å². The van der Waals surface area contributed by atoms with E-state index in [9.17, 15) is 0 Å². The first-order chi connectivity index (χ1) is 9.24. The highest BCUT2D eigenvalue weighted by Crippen LogP contribution is 2.26. The van der Waals surface area contributed by atoms with Gasteiger partial charge in [0, 0.05) is 24.5 Å². The maximum Gasteiger partial charge on any atom is 0.0837 e. The molecule has 0 aromatic heterocycles. The van der Waals surface area contributed by atoms with Crippen LogP contribution >= 0.6 is 0 Å². The van der Waals surface area contributed by atoms with Crippen molar-refractivity contribution in [3.05, 3.63) is 30.0 Å². The fourth-order valence-corrected chi connectivity index (χ4v) is 2.02. The average molecular weight is 260 g/mol. The van der Waals surface area contributed by atoms with Gasteiger partial charge in [-0.15, -0.1) is 0 Å². The van der Waals surface area contributed by atoms with Gasteiger partial charge in [-0.2, -0.15) is 0 Å². The van der Waals surface area contributed by atoms with Crippen LogP contribution in [0.15, 0.2) is 29.4 Å². The number of nitrogens with zero attached hydrogens (tertiary/aromatic N) is 1. The Bertz CT molecular complexity index is 492. The van der Waals surface area contributed by atoms with Crippen molar-refractivity contribution < 1.29 is 5.21 Å². The summed E-state index contributed by atoms with van der Waals surface area (Å²) in [5.41, 5.74) is 16.0. The lowest BCUT2D eigenvalue weighted by Gasteiger charge is -2.22. The topological polar surface area (TPSA) is 96.7 Å². The Morgan fingerprint density at radius 2 is 2.26 bits per heavy atom. The molecule has 0 aliphatic heterocycles. The molecule has 1 fully saturated rings. The summed E-state index contributed by atoms with van der Waals surface area (Å²) in [6.07, 6.45) is 7.17. The molecule has 19 heavy (non-hydrogen) atoms. The predicted molar refractivity (Wildman–Crippen MR) is 79.1 cm³/mol. The van der Waals surface area contributed by atoms with E-state index < -0.39 is 0 Å². The summed E-state index contributed by atoms with van der Waals surface area (Å²) in [5.74, 6) is 0.733. The van der Waals surface area contributed by atoms with Crippen LogP contribution in [0.5, 0.6) is 0 Å². The second kappa shape index (κ2) is 6.24. The normalized spacial score (nSPS) is 16.6. The van der Waals surface area contributed by atoms with Crippen LogP contribution in [0.3, 0.4) is 0 Å². The van der Waals surface area contributed by atoms with Crippen LogP contribution < -0.4 is 16.9 Å². The molecular weight excluding hydrogens is 240 g/mol. The third kappa shape index (κ3) is 3.26. The summed E-state index contributed by atoms with van der Waals surface area (Å²) in [4.78, 5) is 4.43. The summed E-state index contributed by atoms with van der Waals surface area (Å²) in [6, 6.07) is 5.31. The fraction of sp³-hybridized carbons (Fsp3) is 0.357. The molecule has 0 heterocycles. The van der Waals surface area contributed by atoms with Gasteiger partial charge in [-0.05, 0) is 36.5 Å². The number of aliphatic imine (C=N–C) groups is 1. The molecular formula is C14H20N4O. The van der Waals surface area contributed by atoms with E-state index in [1.807, 2.05) is 6.07 Å². The minimum atomic E-state index is 0.462. The highest BCUT2D eigenvalue weighted by molar-refractivity contribution is 6.10. The van der Waals surface area contributed by atoms with Crippen molar-refractivity contribution in [2.24, 2.45) is 16.6 Å². The number of allylic oxidation sites excluding steroid dienone is 1. The molecule has 0 amide bonds. The third-order valence-electron chi connectivity index (χ3n) is 3.51. The second-order valence-corrected chi connectivity index (χ2v) is 4.83. The minimum Gasteiger partial charge on any atom is -0.404 e. The molecule has 0 bridgehead atoms. The molecule has 0 saturated heterocycles. The Hall–Kier alpha value is -2.01. The van der Waals surface area contributed by atoms with Crippen LogP contribution in [0.4, 0.5) is 11.4 Å². The SMILES string of the molecule is NC=C(C=NCC1CCC1)c1ccc(N)c(NO)c1. The highest BCUT2D eigenvalue weighted by Gasteiger charge is 2.15. The largest absolute Gasteiger partial charge is 0.404 e. The number of hydrogen-bond acceptors (Lipinski definition) is 5. The molecule has 0 radical (unpaired) electrons. The van der Waals surface area contributed by atoms with Crippen molar-refractivity contribution in [1.29, 1.82) is 0 Å². The Kier molecular flexibility index (Phi) is 4.41. The molecule has 5 heteroatoms. The fourth-order valence-electron chi connectivity index (χ4n) is 2.02. The zero-order valence-electron chi connectivity index (χ0n) is 10.8. The molecule has 1 aliphatic rings. The van der Waals surface area contributed by atoms with Crippen molar-refractivity contribution in [3.63, 3.8) is 0 Å². The number of rotatable bonds is 5. The summed E-state index contributed by atoms with van der Waals surface area (Å²) in [7, 11) is 0. The average Bonchev–Trinajstić information content (AvgIpc) is 2.38. The van der Waals surface area contributed by atoms with Crippen molar-refractivity contribution in [2.45, 2.75) is 19.3 Å². The van der Waals surface area contributed by atoms with E-state index >= 15 is 0 Å². The van der Waals surface area contributed by atoms with Crippen LogP contribution in [-0.2, 0) is 0 Å². The van der Waals surface area contributed by atoms with Gasteiger partial charge in [0.05, 0.1) is 11.4 Å². The molecule has 1 aliphatic carbocycles. The van der Waals surface area contributed by atoms with E-state index in [-0.39, 0.29) is 0 Å². The van der Waals surface area contributed by atoms with E-state index in [0.29, 0.717) is 11.4 Å². The van der Waals surface area contributed by atoms with Gasteiger partial charge in [0.1, 0.15) is 0 Å². The lowest BCUT2D eigenvalue weighted by atomic mass is 9.86. The van der Waals surface area contributed by atoms with E-state index in [1.165, 1.54) is 25.5 Å². The van der Waals surface area contributed by atoms with Crippen LogP contribution in [0.25, 0.3) is 5.57 Å². The van der Waals surface area contributed by atoms with Gasteiger partial charge in [-0.3, -0.25) is 15.7 Å². The zero-order chi connectivity index (χ0) is 13.7. The van der Waals surface area contributed by atoms with E-state index in [1.54, 1.807) is 18.3 Å². The molecule has 1 saturated carbocycles. The lowest BCUT2D eigenvalue weighted by molar-refractivity contribution is 0.326. The minimum absolute atomic E-state index is 0.462. The van der Waals surface area contributed by atoms with Gasteiger partial charge in [-0.1, -0.05) is 12.5 Å². The Morgan fingerprint density at radius 1 is 1.47 bits per heavy atom. The molecule has 6 N–H and O–H groups in total. The number of nitrogens with two attached hydrogens (primary N) is 2. The number of anilines is 2. The summed E-state index contributed by atoms with van der Waals surface area (Å²) >= 11 is 0. The molecule has 1 aromatic rings. The van der Waals surface area contributed by atoms with Gasteiger partial charge in [0.25, 0.3) is 0 Å². The molecule has 0 unspecified atom stereocenters. The number of nitrogen functional groups attached to an aromatic ring is 1. The maximum atomic E-state index is 8.97. The third-order valence-corrected chi connectivity index (χ3v) is 3.51. The van der Waals surface area contributed by atoms with Gasteiger partial charge in [0.2, 0.25) is 0 Å². The number of benzene rings is 1. The first-order valence-corrected chi connectivity index (χ1v) is 6.46. The van der Waals surface area contributed by atoms with Gasteiger partial charge >= 0.3 is 0 Å². The van der Waals surface area contributed by atoms with Crippen molar-refractivity contribution in [2.75, 3.05) is 17.8 Å². The van der Waals surface area contributed by atoms with Crippen LogP contribution in [-0.4, -0.2) is 18.0 Å². The van der Waals surface area contributed by atoms with Crippen LogP contribution in [0.1, 0.15) is 24.8 Å². The van der Waals surface area contributed by atoms with Gasteiger partial charge in [0.15, 0.2) is 0 Å². The molecule has 1 aromatic carbocycles. The van der Waals surface area contributed by atoms with Crippen molar-refractivity contribution in [1.82, 2.24) is 0 Å². The molecule has 5 nitrogen and oxygen atoms in total. The van der Waals surface area contributed by atoms with E-state index in [4.69, 9.17) is 16.7 Å². The van der Waals surface area contributed by atoms with E-state index in [0.717, 1.165) is 23.6 Å². The smallest absolute Gasteiger partial charge is 0.0837 e. The molecule has 0 atom stereocenters. The summed E-state index contributed by atoms with van der Waals surface area (Å²) < 4.78 is 0. The van der Waals surface area contributed by atoms with Crippen molar-refractivity contribution >= 4 is 23.2 Å². The van der Waals surface area contributed by atoms with Crippen LogP contribution in [0.2, 0.25) is 0 Å². The van der Waals surface area contributed by atoms with Crippen molar-refractivity contribution in [3.8, 4) is 0 Å². The number of nitrogens with one attached hydrogen (secondary N) is 1. The Morgan fingerprint density at radius 3 is 2.84 bits per heavy atom. The summed E-state index contributed by atoms with van der Waals surface area (Å²) in [5, 5.41) is 8.97. The molecule has 0 spiro atoms. The zero-order valence-corrected chi connectivity index (χ0v) is 10.8. The number of hydrogen-bond donors (Lipinski definition) is 4. The van der Waals surface area contributed by atoms with E-state index in [2.05, 4.69) is 10.5 Å². The first kappa shape index (κ1) is 13.4.